The van der Waals surface area contributed by atoms with Crippen molar-refractivity contribution in [2.24, 2.45) is 0 Å². The maximum absolute atomic E-state index is 15.0. The standard InChI is InChI=1S/C27H30FN5O2/c28-25-2-1-20(31-15-18-3-8-29-9-4-18)13-23(25)22-5-10-30-27-24(22)14-26(32-27)19-6-11-33(12-7-19)16-21(35)17-34/h1-5,8-10,13-14,19,21,31,34-35H,6-7,11-12,15-17H2,(H,30,32). The first-order valence-corrected chi connectivity index (χ1v) is 12.0. The first-order valence-electron chi connectivity index (χ1n) is 12.0. The van der Waals surface area contributed by atoms with E-state index < -0.39 is 6.10 Å². The van der Waals surface area contributed by atoms with Crippen LogP contribution in [-0.4, -0.2) is 62.4 Å². The van der Waals surface area contributed by atoms with Gasteiger partial charge in [0.25, 0.3) is 0 Å². The third-order valence-corrected chi connectivity index (χ3v) is 6.76. The van der Waals surface area contributed by atoms with E-state index in [1.165, 1.54) is 6.07 Å². The van der Waals surface area contributed by atoms with Crippen molar-refractivity contribution in [1.82, 2.24) is 19.9 Å². The summed E-state index contributed by atoms with van der Waals surface area (Å²) >= 11 is 0. The summed E-state index contributed by atoms with van der Waals surface area (Å²) in [4.78, 5) is 14.2. The van der Waals surface area contributed by atoms with E-state index in [1.807, 2.05) is 24.3 Å². The second-order valence-electron chi connectivity index (χ2n) is 9.16. The minimum Gasteiger partial charge on any atom is -0.394 e. The fraction of sp³-hybridized carbons (Fsp3) is 0.333. The van der Waals surface area contributed by atoms with E-state index >= 15 is 0 Å². The van der Waals surface area contributed by atoms with Crippen molar-refractivity contribution >= 4 is 16.7 Å². The number of hydrogen-bond acceptors (Lipinski definition) is 6. The largest absolute Gasteiger partial charge is 0.394 e. The molecule has 1 saturated heterocycles. The van der Waals surface area contributed by atoms with E-state index in [2.05, 4.69) is 31.2 Å². The molecule has 0 radical (unpaired) electrons. The Bertz CT molecular complexity index is 1270. The number of anilines is 1. The molecule has 1 aliphatic heterocycles. The smallest absolute Gasteiger partial charge is 0.138 e. The summed E-state index contributed by atoms with van der Waals surface area (Å²) in [6, 6.07) is 13.0. The topological polar surface area (TPSA) is 97.3 Å². The van der Waals surface area contributed by atoms with Gasteiger partial charge in [-0.15, -0.1) is 0 Å². The average Bonchev–Trinajstić information content (AvgIpc) is 3.34. The van der Waals surface area contributed by atoms with Crippen LogP contribution in [0.15, 0.2) is 61.1 Å². The van der Waals surface area contributed by atoms with Gasteiger partial charge in [-0.25, -0.2) is 9.37 Å². The molecule has 0 spiro atoms. The molecule has 0 amide bonds. The first kappa shape index (κ1) is 23.4. The Hall–Kier alpha value is -3.33. The molecule has 1 atom stereocenters. The number of halogens is 1. The number of hydrogen-bond donors (Lipinski definition) is 4. The average molecular weight is 476 g/mol. The molecule has 1 aliphatic rings. The first-order chi connectivity index (χ1) is 17.1. The lowest BCUT2D eigenvalue weighted by Gasteiger charge is -2.32. The molecule has 1 fully saturated rings. The Balaban J connectivity index is 1.36. The lowest BCUT2D eigenvalue weighted by molar-refractivity contribution is 0.0512. The number of H-pyrrole nitrogens is 1. The Labute approximate surface area is 203 Å². The van der Waals surface area contributed by atoms with Crippen molar-refractivity contribution in [3.05, 3.63) is 78.1 Å². The number of aliphatic hydroxyl groups is 2. The molecule has 4 N–H and O–H groups in total. The maximum Gasteiger partial charge on any atom is 0.138 e. The number of aromatic amines is 1. The molecule has 5 rings (SSSR count). The number of likely N-dealkylation sites (tertiary alicyclic amines) is 1. The highest BCUT2D eigenvalue weighted by Gasteiger charge is 2.24. The predicted octanol–water partition coefficient (Wildman–Crippen LogP) is 3.91. The minimum absolute atomic E-state index is 0.215. The number of piperidine rings is 1. The second kappa shape index (κ2) is 10.5. The summed E-state index contributed by atoms with van der Waals surface area (Å²) < 4.78 is 15.0. The zero-order valence-corrected chi connectivity index (χ0v) is 19.5. The van der Waals surface area contributed by atoms with E-state index in [0.717, 1.165) is 59.5 Å². The van der Waals surface area contributed by atoms with Crippen molar-refractivity contribution in [2.75, 3.05) is 31.6 Å². The molecule has 1 unspecified atom stereocenters. The van der Waals surface area contributed by atoms with Crippen molar-refractivity contribution in [1.29, 1.82) is 0 Å². The molecule has 0 saturated carbocycles. The summed E-state index contributed by atoms with van der Waals surface area (Å²) in [5, 5.41) is 23.1. The van der Waals surface area contributed by atoms with Gasteiger partial charge in [0.15, 0.2) is 0 Å². The SMILES string of the molecule is OCC(O)CN1CCC(c2cc3c(-c4cc(NCc5ccncc5)ccc4F)ccnc3[nH]2)CC1. The zero-order valence-electron chi connectivity index (χ0n) is 19.5. The third kappa shape index (κ3) is 5.35. The van der Waals surface area contributed by atoms with Gasteiger partial charge in [0.1, 0.15) is 11.5 Å². The van der Waals surface area contributed by atoms with Crippen molar-refractivity contribution in [2.45, 2.75) is 31.4 Å². The number of rotatable bonds is 8. The van der Waals surface area contributed by atoms with Crippen LogP contribution in [0.3, 0.4) is 0 Å². The molecule has 4 aromatic rings. The van der Waals surface area contributed by atoms with Crippen molar-refractivity contribution < 1.29 is 14.6 Å². The lowest BCUT2D eigenvalue weighted by atomic mass is 9.93. The van der Waals surface area contributed by atoms with Gasteiger partial charge in [0.05, 0.1) is 12.7 Å². The van der Waals surface area contributed by atoms with Crippen LogP contribution in [0.4, 0.5) is 10.1 Å². The molecule has 35 heavy (non-hydrogen) atoms. The van der Waals surface area contributed by atoms with Crippen LogP contribution >= 0.6 is 0 Å². The Morgan fingerprint density at radius 3 is 2.63 bits per heavy atom. The van der Waals surface area contributed by atoms with Crippen LogP contribution < -0.4 is 5.32 Å². The van der Waals surface area contributed by atoms with E-state index in [4.69, 9.17) is 5.11 Å². The van der Waals surface area contributed by atoms with Gasteiger partial charge in [-0.1, -0.05) is 0 Å². The number of aliphatic hydroxyl groups excluding tert-OH is 2. The summed E-state index contributed by atoms with van der Waals surface area (Å²) in [6.07, 6.45) is 6.43. The highest BCUT2D eigenvalue weighted by atomic mass is 19.1. The van der Waals surface area contributed by atoms with E-state index in [9.17, 15) is 9.50 Å². The van der Waals surface area contributed by atoms with Gasteiger partial charge in [-0.3, -0.25) is 4.98 Å². The van der Waals surface area contributed by atoms with Gasteiger partial charge in [0, 0.05) is 59.9 Å². The molecular formula is C27H30FN5O2. The Morgan fingerprint density at radius 2 is 1.86 bits per heavy atom. The summed E-state index contributed by atoms with van der Waals surface area (Å²) in [5.74, 6) is 0.0724. The zero-order chi connectivity index (χ0) is 24.2. The van der Waals surface area contributed by atoms with Crippen LogP contribution in [0.5, 0.6) is 0 Å². The van der Waals surface area contributed by atoms with Crippen LogP contribution in [-0.2, 0) is 6.54 Å². The van der Waals surface area contributed by atoms with Crippen LogP contribution in [0, 0.1) is 5.82 Å². The molecule has 0 bridgehead atoms. The van der Waals surface area contributed by atoms with Crippen LogP contribution in [0.25, 0.3) is 22.2 Å². The predicted molar refractivity (Wildman–Crippen MR) is 135 cm³/mol. The molecule has 1 aromatic carbocycles. The van der Waals surface area contributed by atoms with E-state index in [-0.39, 0.29) is 12.4 Å². The van der Waals surface area contributed by atoms with E-state index in [1.54, 1.807) is 24.7 Å². The van der Waals surface area contributed by atoms with Gasteiger partial charge < -0.3 is 25.4 Å². The quantitative estimate of drug-likeness (QED) is 0.309. The lowest BCUT2D eigenvalue weighted by Crippen LogP contribution is -2.39. The fourth-order valence-electron chi connectivity index (χ4n) is 4.83. The monoisotopic (exact) mass is 475 g/mol. The van der Waals surface area contributed by atoms with Gasteiger partial charge >= 0.3 is 0 Å². The number of benzene rings is 1. The van der Waals surface area contributed by atoms with Gasteiger partial charge in [-0.2, -0.15) is 0 Å². The number of aromatic nitrogens is 3. The number of fused-ring (bicyclic) bond motifs is 1. The number of β-amino-alcohol motifs (C(OH)–C–C–N with tert-alkyl or cyclic N) is 1. The molecule has 8 heteroatoms. The van der Waals surface area contributed by atoms with Crippen LogP contribution in [0.2, 0.25) is 0 Å². The third-order valence-electron chi connectivity index (χ3n) is 6.76. The molecule has 7 nitrogen and oxygen atoms in total. The molecule has 182 valence electrons. The second-order valence-corrected chi connectivity index (χ2v) is 9.16. The van der Waals surface area contributed by atoms with Gasteiger partial charge in [0.2, 0.25) is 0 Å². The van der Waals surface area contributed by atoms with Gasteiger partial charge in [-0.05, 0) is 79.5 Å². The highest BCUT2D eigenvalue weighted by Crippen LogP contribution is 2.35. The maximum atomic E-state index is 15.0. The highest BCUT2D eigenvalue weighted by molar-refractivity contribution is 5.94. The fourth-order valence-corrected chi connectivity index (χ4v) is 4.83. The number of nitrogens with one attached hydrogen (secondary N) is 2. The summed E-state index contributed by atoms with van der Waals surface area (Å²) in [7, 11) is 0. The van der Waals surface area contributed by atoms with Crippen molar-refractivity contribution in [3.63, 3.8) is 0 Å². The Morgan fingerprint density at radius 1 is 1.06 bits per heavy atom. The number of nitrogens with zero attached hydrogens (tertiary/aromatic N) is 3. The molecular weight excluding hydrogens is 445 g/mol. The van der Waals surface area contributed by atoms with Crippen molar-refractivity contribution in [3.8, 4) is 11.1 Å². The summed E-state index contributed by atoms with van der Waals surface area (Å²) in [5.41, 5.74) is 5.15. The molecule has 3 aromatic heterocycles. The number of pyridine rings is 2. The normalized spacial score (nSPS) is 16.0. The van der Waals surface area contributed by atoms with E-state index in [0.29, 0.717) is 24.6 Å². The molecule has 0 aliphatic carbocycles. The minimum atomic E-state index is -0.698. The Kier molecular flexibility index (Phi) is 7.03. The van der Waals surface area contributed by atoms with Crippen LogP contribution in [0.1, 0.15) is 30.0 Å². The summed E-state index contributed by atoms with van der Waals surface area (Å²) in [6.45, 7) is 2.62. The molecule has 4 heterocycles.